The first-order valence-electron chi connectivity index (χ1n) is 10.3. The number of nitrogens with zero attached hydrogens (tertiary/aromatic N) is 3. The summed E-state index contributed by atoms with van der Waals surface area (Å²) < 4.78 is 7.10. The molecule has 1 amide bonds. The molecule has 0 radical (unpaired) electrons. The van der Waals surface area contributed by atoms with Crippen molar-refractivity contribution in [1.82, 2.24) is 14.5 Å². The summed E-state index contributed by atoms with van der Waals surface area (Å²) in [5.74, 6) is 0.215. The second-order valence-corrected chi connectivity index (χ2v) is 8.62. The lowest BCUT2D eigenvalue weighted by Gasteiger charge is -2.11. The topological polar surface area (TPSA) is 86.1 Å². The first-order chi connectivity index (χ1) is 16.0. The summed E-state index contributed by atoms with van der Waals surface area (Å²) in [7, 11) is 1.54. The Balaban J connectivity index is 1.47. The van der Waals surface area contributed by atoms with Crippen molar-refractivity contribution in [2.24, 2.45) is 0 Å². The molecule has 33 heavy (non-hydrogen) atoms. The van der Waals surface area contributed by atoms with Crippen LogP contribution in [0.5, 0.6) is 5.75 Å². The molecule has 164 valence electrons. The number of pyridine rings is 1. The van der Waals surface area contributed by atoms with Gasteiger partial charge in [0.1, 0.15) is 21.8 Å². The lowest BCUT2D eigenvalue weighted by Crippen LogP contribution is -2.27. The maximum atomic E-state index is 13.1. The number of aryl methyl sites for hydroxylation is 1. The van der Waals surface area contributed by atoms with Gasteiger partial charge in [-0.3, -0.25) is 14.2 Å². The lowest BCUT2D eigenvalue weighted by atomic mass is 10.1. The summed E-state index contributed by atoms with van der Waals surface area (Å²) in [5.41, 5.74) is 3.72. The summed E-state index contributed by atoms with van der Waals surface area (Å²) >= 11 is 1.29. The molecule has 5 aromatic rings. The van der Waals surface area contributed by atoms with E-state index in [1.54, 1.807) is 13.2 Å². The Hall–Kier alpha value is -4.04. The van der Waals surface area contributed by atoms with E-state index in [4.69, 9.17) is 9.72 Å². The number of carbonyl (C=O) groups excluding carboxylic acids is 1. The molecule has 0 atom stereocenters. The minimum absolute atomic E-state index is 0.157. The molecule has 1 N–H and O–H groups in total. The Labute approximate surface area is 193 Å². The zero-order valence-corrected chi connectivity index (χ0v) is 18.8. The third-order valence-corrected chi connectivity index (χ3v) is 6.40. The number of hydrogen-bond acceptors (Lipinski definition) is 6. The lowest BCUT2D eigenvalue weighted by molar-refractivity contribution is -0.116. The Morgan fingerprint density at radius 2 is 1.94 bits per heavy atom. The van der Waals surface area contributed by atoms with E-state index in [2.05, 4.69) is 10.3 Å². The van der Waals surface area contributed by atoms with Crippen molar-refractivity contribution in [2.45, 2.75) is 13.5 Å². The number of nitrogens with one attached hydrogen (secondary N) is 1. The average molecular weight is 457 g/mol. The minimum Gasteiger partial charge on any atom is -0.495 e. The number of anilines is 1. The summed E-state index contributed by atoms with van der Waals surface area (Å²) in [4.78, 5) is 35.7. The smallest absolute Gasteiger partial charge is 0.271 e. The molecule has 0 bridgehead atoms. The van der Waals surface area contributed by atoms with E-state index in [1.165, 1.54) is 22.2 Å². The predicted molar refractivity (Wildman–Crippen MR) is 131 cm³/mol. The second kappa shape index (κ2) is 8.48. The number of benzene rings is 2. The van der Waals surface area contributed by atoms with Crippen molar-refractivity contribution in [3.05, 3.63) is 82.9 Å². The van der Waals surface area contributed by atoms with Gasteiger partial charge in [-0.15, -0.1) is 11.3 Å². The molecule has 3 heterocycles. The van der Waals surface area contributed by atoms with Crippen molar-refractivity contribution in [3.8, 4) is 17.0 Å². The highest BCUT2D eigenvalue weighted by Gasteiger charge is 2.16. The Morgan fingerprint density at radius 3 is 2.73 bits per heavy atom. The number of methoxy groups -OCH3 is 1. The van der Waals surface area contributed by atoms with Crippen LogP contribution in [0.1, 0.15) is 5.56 Å². The zero-order chi connectivity index (χ0) is 22.9. The van der Waals surface area contributed by atoms with Gasteiger partial charge in [-0.1, -0.05) is 36.4 Å². The molecule has 2 aromatic carbocycles. The van der Waals surface area contributed by atoms with E-state index in [-0.39, 0.29) is 18.0 Å². The van der Waals surface area contributed by atoms with Crippen molar-refractivity contribution in [2.75, 3.05) is 12.4 Å². The van der Waals surface area contributed by atoms with Gasteiger partial charge in [0.25, 0.3) is 5.56 Å². The third kappa shape index (κ3) is 3.96. The van der Waals surface area contributed by atoms with Crippen LogP contribution in [0.25, 0.3) is 31.7 Å². The molecule has 0 spiro atoms. The van der Waals surface area contributed by atoms with Crippen LogP contribution in [0.2, 0.25) is 0 Å². The molecular formula is C25H20N4O3S. The van der Waals surface area contributed by atoms with E-state index in [1.807, 2.05) is 61.5 Å². The fourth-order valence-electron chi connectivity index (χ4n) is 3.70. The molecule has 0 aliphatic heterocycles. The van der Waals surface area contributed by atoms with Crippen LogP contribution in [0.4, 0.5) is 5.69 Å². The largest absolute Gasteiger partial charge is 0.495 e. The van der Waals surface area contributed by atoms with Crippen molar-refractivity contribution in [3.63, 3.8) is 0 Å². The fourth-order valence-corrected chi connectivity index (χ4v) is 4.77. The van der Waals surface area contributed by atoms with Crippen molar-refractivity contribution < 1.29 is 9.53 Å². The minimum atomic E-state index is -0.340. The maximum Gasteiger partial charge on any atom is 0.271 e. The van der Waals surface area contributed by atoms with E-state index in [0.29, 0.717) is 21.7 Å². The van der Waals surface area contributed by atoms with E-state index < -0.39 is 0 Å². The van der Waals surface area contributed by atoms with Gasteiger partial charge in [-0.25, -0.2) is 9.97 Å². The van der Waals surface area contributed by atoms with E-state index in [9.17, 15) is 9.59 Å². The third-order valence-electron chi connectivity index (χ3n) is 5.32. The quantitative estimate of drug-likeness (QED) is 0.417. The van der Waals surface area contributed by atoms with Gasteiger partial charge >= 0.3 is 0 Å². The highest BCUT2D eigenvalue weighted by atomic mass is 32.1. The molecule has 0 unspecified atom stereocenters. The summed E-state index contributed by atoms with van der Waals surface area (Å²) in [6.45, 7) is 1.77. The molecule has 0 aliphatic rings. The van der Waals surface area contributed by atoms with Gasteiger partial charge in [0.05, 0.1) is 30.3 Å². The van der Waals surface area contributed by atoms with Gasteiger partial charge < -0.3 is 10.1 Å². The molecule has 0 aliphatic carbocycles. The van der Waals surface area contributed by atoms with Crippen LogP contribution in [-0.4, -0.2) is 27.6 Å². The molecule has 0 saturated carbocycles. The predicted octanol–water partition coefficient (Wildman–Crippen LogP) is 4.63. The molecule has 5 rings (SSSR count). The van der Waals surface area contributed by atoms with Crippen LogP contribution in [0.15, 0.2) is 71.8 Å². The molecular weight excluding hydrogens is 436 g/mol. The number of ether oxygens (including phenoxy) is 1. The summed E-state index contributed by atoms with van der Waals surface area (Å²) in [5, 5.41) is 3.64. The van der Waals surface area contributed by atoms with Crippen molar-refractivity contribution in [1.29, 1.82) is 0 Å². The van der Waals surface area contributed by atoms with Crippen LogP contribution < -0.4 is 15.6 Å². The van der Waals surface area contributed by atoms with E-state index >= 15 is 0 Å². The van der Waals surface area contributed by atoms with Gasteiger partial charge in [-0.05, 0) is 36.8 Å². The van der Waals surface area contributed by atoms with Crippen LogP contribution >= 0.6 is 11.3 Å². The first kappa shape index (κ1) is 20.8. The van der Waals surface area contributed by atoms with Crippen LogP contribution in [0, 0.1) is 6.92 Å². The van der Waals surface area contributed by atoms with Gasteiger partial charge in [0.2, 0.25) is 5.91 Å². The molecule has 8 heteroatoms. The van der Waals surface area contributed by atoms with Gasteiger partial charge in [0, 0.05) is 10.9 Å². The molecule has 3 aromatic heterocycles. The number of rotatable bonds is 5. The fraction of sp³-hybridized carbons (Fsp3) is 0.120. The highest BCUT2D eigenvalue weighted by molar-refractivity contribution is 7.25. The SMILES string of the molecule is COc1ccc(C)cc1NC(=O)Cn1cnc2c(sc3nc(-c4ccccc4)ccc32)c1=O. The first-order valence-corrected chi connectivity index (χ1v) is 11.1. The Morgan fingerprint density at radius 1 is 1.12 bits per heavy atom. The second-order valence-electron chi connectivity index (χ2n) is 7.62. The number of fused-ring (bicyclic) bond motifs is 3. The summed E-state index contributed by atoms with van der Waals surface area (Å²) in [6.07, 6.45) is 1.41. The van der Waals surface area contributed by atoms with E-state index in [0.717, 1.165) is 27.0 Å². The molecule has 7 nitrogen and oxygen atoms in total. The molecule has 0 saturated heterocycles. The maximum absolute atomic E-state index is 13.1. The number of amides is 1. The number of hydrogen-bond donors (Lipinski definition) is 1. The Bertz CT molecular complexity index is 1560. The Kier molecular flexibility index (Phi) is 5.35. The van der Waals surface area contributed by atoms with Crippen LogP contribution in [0.3, 0.4) is 0 Å². The average Bonchev–Trinajstić information content (AvgIpc) is 3.20. The number of thiophene rings is 1. The van der Waals surface area contributed by atoms with Crippen molar-refractivity contribution >= 4 is 43.4 Å². The number of aromatic nitrogens is 3. The summed E-state index contributed by atoms with van der Waals surface area (Å²) in [6, 6.07) is 19.3. The standard InChI is InChI=1S/C25H20N4O3S/c1-15-8-11-20(32-2)19(12-15)27-21(30)13-29-14-26-22-17-9-10-18(16-6-4-3-5-7-16)28-24(17)33-23(22)25(29)31/h3-12,14H,13H2,1-2H3,(H,27,30). The van der Waals surface area contributed by atoms with Gasteiger partial charge in [-0.2, -0.15) is 0 Å². The zero-order valence-electron chi connectivity index (χ0n) is 18.0. The van der Waals surface area contributed by atoms with Gasteiger partial charge in [0.15, 0.2) is 0 Å². The monoisotopic (exact) mass is 456 g/mol. The number of carbonyl (C=O) groups is 1. The highest BCUT2D eigenvalue weighted by Crippen LogP contribution is 2.31. The normalized spacial score (nSPS) is 11.1. The van der Waals surface area contributed by atoms with Crippen LogP contribution in [-0.2, 0) is 11.3 Å². The molecule has 0 fully saturated rings.